The van der Waals surface area contributed by atoms with Gasteiger partial charge in [-0.15, -0.1) is 0 Å². The number of carbonyl (C=O) groups excluding carboxylic acids is 4. The average Bonchev–Trinajstić information content (AvgIpc) is 3.03. The van der Waals surface area contributed by atoms with Crippen LogP contribution in [0.2, 0.25) is 0 Å². The molecular weight excluding hydrogens is 670 g/mol. The highest BCUT2D eigenvalue weighted by Gasteiger charge is 2.33. The minimum atomic E-state index is -1.57. The molecule has 0 heterocycles. The fourth-order valence-electron chi connectivity index (χ4n) is 3.44. The van der Waals surface area contributed by atoms with Gasteiger partial charge in [-0.25, -0.2) is 9.59 Å². The first-order valence-electron chi connectivity index (χ1n) is 15.6. The largest absolute Gasteiger partial charge is 0.481 e. The monoisotopic (exact) mass is 719 g/mol. The third-order valence-corrected chi connectivity index (χ3v) is 5.72. The lowest BCUT2D eigenvalue weighted by Gasteiger charge is -2.34. The Morgan fingerprint density at radius 3 is 1.38 bits per heavy atom. The lowest BCUT2D eigenvalue weighted by Crippen LogP contribution is -2.58. The molecule has 0 fully saturated rings. The molecule has 19 heteroatoms. The van der Waals surface area contributed by atoms with Crippen LogP contribution in [0.25, 0.3) is 0 Å². The predicted molar refractivity (Wildman–Crippen MR) is 172 cm³/mol. The number of hydrogen-bond donors (Lipinski definition) is 6. The predicted octanol–water partition coefficient (Wildman–Crippen LogP) is -0.965. The van der Waals surface area contributed by atoms with Gasteiger partial charge in [0.25, 0.3) is 0 Å². The molecule has 0 atom stereocenters. The van der Waals surface area contributed by atoms with Gasteiger partial charge in [-0.2, -0.15) is 0 Å². The number of ether oxygens (including phenoxy) is 6. The van der Waals surface area contributed by atoms with Crippen molar-refractivity contribution in [1.29, 1.82) is 0 Å². The summed E-state index contributed by atoms with van der Waals surface area (Å²) in [5.41, 5.74) is -2.12. The number of carboxylic acids is 3. The average molecular weight is 720 g/mol. The molecule has 0 saturated heterocycles. The van der Waals surface area contributed by atoms with Crippen LogP contribution in [-0.2, 0) is 62.0 Å². The van der Waals surface area contributed by atoms with Crippen LogP contribution in [0.15, 0.2) is 24.3 Å². The topological polar surface area (TPSA) is 272 Å². The van der Waals surface area contributed by atoms with E-state index in [1.54, 1.807) is 20.8 Å². The molecule has 19 nitrogen and oxygen atoms in total. The zero-order valence-corrected chi connectivity index (χ0v) is 28.6. The van der Waals surface area contributed by atoms with E-state index in [1.807, 2.05) is 0 Å². The smallest absolute Gasteiger partial charge is 0.328 e. The van der Waals surface area contributed by atoms with Gasteiger partial charge in [-0.05, 0) is 20.8 Å². The van der Waals surface area contributed by atoms with Crippen molar-refractivity contribution < 1.29 is 77.3 Å². The normalized spacial score (nSPS) is 11.7. The molecule has 0 aliphatic carbocycles. The molecule has 0 aliphatic heterocycles. The summed E-state index contributed by atoms with van der Waals surface area (Å²) in [7, 11) is 0. The second-order valence-corrected chi connectivity index (χ2v) is 11.3. The molecule has 50 heavy (non-hydrogen) atoms. The van der Waals surface area contributed by atoms with Gasteiger partial charge in [0.1, 0.15) is 11.2 Å². The van der Waals surface area contributed by atoms with Crippen LogP contribution in [0.5, 0.6) is 0 Å². The van der Waals surface area contributed by atoms with E-state index in [1.165, 1.54) is 0 Å². The first kappa shape index (κ1) is 45.6. The van der Waals surface area contributed by atoms with Crippen molar-refractivity contribution in [2.24, 2.45) is 0 Å². The van der Waals surface area contributed by atoms with Crippen molar-refractivity contribution in [3.05, 3.63) is 24.3 Å². The van der Waals surface area contributed by atoms with Crippen LogP contribution in [-0.4, -0.2) is 147 Å². The second-order valence-electron chi connectivity index (χ2n) is 11.3. The Morgan fingerprint density at radius 1 is 0.540 bits per heavy atom. The molecule has 0 radical (unpaired) electrons. The standard InChI is InChI=1S/C31H49N3O16/c1-30(2,3)50-29(44)10-11-45-12-13-46-14-15-47-16-17-48-18-19-49-31(20-32-23(35)4-7-26(38)39,21-33-24(36)5-8-27(40)41)22-34-25(37)6-9-28(42)43/h4-5,7-8H,6,9-22H2,1-3H3,(H,32,35)(H,33,36)(H,34,37)(H,38,39)(H,40,41)(H,42,43)/b7-4-,8-5-. The molecule has 0 aromatic heterocycles. The van der Waals surface area contributed by atoms with Gasteiger partial charge in [-0.3, -0.25) is 24.0 Å². The van der Waals surface area contributed by atoms with Crippen LogP contribution in [0, 0.1) is 0 Å². The summed E-state index contributed by atoms with van der Waals surface area (Å²) in [6.45, 7) is 5.85. The van der Waals surface area contributed by atoms with Gasteiger partial charge in [0, 0.05) is 30.7 Å². The molecule has 0 bridgehead atoms. The third kappa shape index (κ3) is 28.6. The maximum atomic E-state index is 12.3. The van der Waals surface area contributed by atoms with Gasteiger partial charge >= 0.3 is 23.9 Å². The van der Waals surface area contributed by atoms with Crippen LogP contribution < -0.4 is 16.0 Å². The van der Waals surface area contributed by atoms with E-state index in [4.69, 9.17) is 43.7 Å². The van der Waals surface area contributed by atoms with Crippen LogP contribution in [0.1, 0.15) is 40.0 Å². The number of rotatable bonds is 29. The van der Waals surface area contributed by atoms with Gasteiger partial charge in [0.15, 0.2) is 0 Å². The molecule has 0 aromatic carbocycles. The molecule has 0 spiro atoms. The zero-order valence-electron chi connectivity index (χ0n) is 28.6. The second kappa shape index (κ2) is 26.4. The van der Waals surface area contributed by atoms with E-state index in [9.17, 15) is 33.6 Å². The number of nitrogens with one attached hydrogen (secondary N) is 3. The number of esters is 1. The third-order valence-electron chi connectivity index (χ3n) is 5.72. The SMILES string of the molecule is CC(C)(C)OC(=O)CCOCCOCCOCCOCCOC(CNC(=O)/C=C\C(=O)O)(CNC(=O)/C=C\C(=O)O)CNC(=O)CCC(=O)O. The van der Waals surface area contributed by atoms with E-state index in [-0.39, 0.29) is 78.1 Å². The first-order valence-corrected chi connectivity index (χ1v) is 15.6. The number of amides is 3. The summed E-state index contributed by atoms with van der Waals surface area (Å²) in [6.07, 6.45) is 1.98. The lowest BCUT2D eigenvalue weighted by atomic mass is 10.0. The molecule has 6 N–H and O–H groups in total. The van der Waals surface area contributed by atoms with Crippen molar-refractivity contribution in [3.8, 4) is 0 Å². The molecule has 284 valence electrons. The van der Waals surface area contributed by atoms with E-state index in [2.05, 4.69) is 16.0 Å². The summed E-state index contributed by atoms with van der Waals surface area (Å²) >= 11 is 0. The van der Waals surface area contributed by atoms with Gasteiger partial charge < -0.3 is 59.7 Å². The summed E-state index contributed by atoms with van der Waals surface area (Å²) in [5, 5.41) is 33.7. The van der Waals surface area contributed by atoms with E-state index >= 15 is 0 Å². The summed E-state index contributed by atoms with van der Waals surface area (Å²) in [5.74, 6) is -6.64. The van der Waals surface area contributed by atoms with E-state index in [0.29, 0.717) is 32.0 Å². The van der Waals surface area contributed by atoms with E-state index < -0.39 is 53.3 Å². The van der Waals surface area contributed by atoms with Crippen LogP contribution >= 0.6 is 0 Å². The molecule has 0 aromatic rings. The van der Waals surface area contributed by atoms with Crippen molar-refractivity contribution >= 4 is 41.6 Å². The zero-order chi connectivity index (χ0) is 37.8. The fraction of sp³-hybridized carbons (Fsp3) is 0.645. The molecular formula is C31H49N3O16. The Morgan fingerprint density at radius 2 is 0.960 bits per heavy atom. The highest BCUT2D eigenvalue weighted by molar-refractivity contribution is 5.94. The van der Waals surface area contributed by atoms with Gasteiger partial charge in [-0.1, -0.05) is 0 Å². The van der Waals surface area contributed by atoms with Crippen LogP contribution in [0.3, 0.4) is 0 Å². The van der Waals surface area contributed by atoms with Crippen molar-refractivity contribution in [2.45, 2.75) is 51.2 Å². The lowest BCUT2D eigenvalue weighted by molar-refractivity contribution is -0.156. The Labute approximate surface area is 289 Å². The molecule has 0 aliphatic rings. The Bertz CT molecular complexity index is 1110. The Balaban J connectivity index is 4.87. The quantitative estimate of drug-likeness (QED) is 0.0308. The number of carbonyl (C=O) groups is 7. The van der Waals surface area contributed by atoms with Gasteiger partial charge in [0.05, 0.1) is 91.9 Å². The van der Waals surface area contributed by atoms with Crippen molar-refractivity contribution in [1.82, 2.24) is 16.0 Å². The molecule has 3 amide bonds. The maximum absolute atomic E-state index is 12.3. The highest BCUT2D eigenvalue weighted by atomic mass is 16.6. The summed E-state index contributed by atoms with van der Waals surface area (Å²) < 4.78 is 32.8. The molecule has 0 saturated carbocycles. The molecule has 0 rings (SSSR count). The van der Waals surface area contributed by atoms with Crippen LogP contribution in [0.4, 0.5) is 0 Å². The minimum absolute atomic E-state index is 0.00503. The van der Waals surface area contributed by atoms with Gasteiger partial charge in [0.2, 0.25) is 17.7 Å². The summed E-state index contributed by atoms with van der Waals surface area (Å²) in [6, 6.07) is 0. The maximum Gasteiger partial charge on any atom is 0.328 e. The number of hydrogen-bond acceptors (Lipinski definition) is 13. The molecule has 0 unspecified atom stereocenters. The van der Waals surface area contributed by atoms with Crippen molar-refractivity contribution in [3.63, 3.8) is 0 Å². The summed E-state index contributed by atoms with van der Waals surface area (Å²) in [4.78, 5) is 80.6. The first-order chi connectivity index (χ1) is 23.5. The highest BCUT2D eigenvalue weighted by Crippen LogP contribution is 2.11. The Kier molecular flexibility index (Phi) is 24.1. The van der Waals surface area contributed by atoms with Crippen molar-refractivity contribution in [2.75, 3.05) is 79.1 Å². The number of aliphatic carboxylic acids is 3. The Hall–Kier alpha value is -4.43. The number of carboxylic acid groups (broad SMARTS) is 3. The fourth-order valence-corrected chi connectivity index (χ4v) is 3.44. The minimum Gasteiger partial charge on any atom is -0.481 e. The van der Waals surface area contributed by atoms with E-state index in [0.717, 1.165) is 12.2 Å².